The van der Waals surface area contributed by atoms with Crippen LogP contribution in [-0.2, 0) is 9.53 Å². The first-order valence-corrected chi connectivity index (χ1v) is 4.47. The Bertz CT molecular complexity index is 490. The molecule has 0 spiro atoms. The smallest absolute Gasteiger partial charge is 0.344 e. The normalized spacial score (nSPS) is 8.47. The highest BCUT2D eigenvalue weighted by Gasteiger charge is 2.01. The molecule has 1 rings (SSSR count). The van der Waals surface area contributed by atoms with Gasteiger partial charge in [0.25, 0.3) is 0 Å². The second-order valence-corrected chi connectivity index (χ2v) is 2.76. The summed E-state index contributed by atoms with van der Waals surface area (Å²) in [5.41, 5.74) is 0.142. The summed E-state index contributed by atoms with van der Waals surface area (Å²) >= 11 is 0. The van der Waals surface area contributed by atoms with E-state index < -0.39 is 11.9 Å². The third kappa shape index (κ3) is 4.10. The van der Waals surface area contributed by atoms with Crippen LogP contribution in [0, 0.1) is 12.2 Å². The highest BCUT2D eigenvalue weighted by Crippen LogP contribution is 2.11. The summed E-state index contributed by atoms with van der Waals surface area (Å²) in [6.45, 7) is 3.18. The van der Waals surface area contributed by atoms with Crippen LogP contribution in [0.2, 0.25) is 0 Å². The van der Waals surface area contributed by atoms with Crippen LogP contribution < -0.4 is 4.74 Å². The minimum absolute atomic E-state index is 0.142. The number of carbonyl (C=O) groups is 2. The Labute approximate surface area is 97.3 Å². The summed E-state index contributed by atoms with van der Waals surface area (Å²) in [5, 5.41) is 8.64. The molecule has 0 atom stereocenters. The molecule has 0 saturated heterocycles. The molecule has 0 aromatic heterocycles. The van der Waals surface area contributed by atoms with Gasteiger partial charge in [0.1, 0.15) is 5.75 Å². The molecule has 5 nitrogen and oxygen atoms in total. The van der Waals surface area contributed by atoms with Crippen LogP contribution in [0.5, 0.6) is 5.75 Å². The van der Waals surface area contributed by atoms with E-state index in [0.29, 0.717) is 5.75 Å². The van der Waals surface area contributed by atoms with Crippen molar-refractivity contribution in [1.82, 2.24) is 0 Å². The lowest BCUT2D eigenvalue weighted by molar-refractivity contribution is -0.131. The Hall–Kier alpha value is -2.74. The van der Waals surface area contributed by atoms with Gasteiger partial charge in [0.15, 0.2) is 12.2 Å². The number of carboxylic acid groups (broad SMARTS) is 1. The quantitative estimate of drug-likeness (QED) is 0.484. The molecule has 1 aromatic rings. The van der Waals surface area contributed by atoms with Crippen LogP contribution in [0.15, 0.2) is 36.9 Å². The Kier molecular flexibility index (Phi) is 4.34. The third-order valence-electron chi connectivity index (χ3n) is 1.63. The topological polar surface area (TPSA) is 72.8 Å². The van der Waals surface area contributed by atoms with E-state index in [1.54, 1.807) is 0 Å². The van der Waals surface area contributed by atoms with Crippen molar-refractivity contribution in [3.63, 3.8) is 0 Å². The molecule has 0 fully saturated rings. The average Bonchev–Trinajstić information content (AvgIpc) is 2.34. The van der Waals surface area contributed by atoms with Gasteiger partial charge in [0, 0.05) is 6.08 Å². The maximum Gasteiger partial charge on any atom is 0.344 e. The van der Waals surface area contributed by atoms with E-state index in [2.05, 4.69) is 17.4 Å². The predicted octanol–water partition coefficient (Wildman–Crippen LogP) is 1.41. The number of aromatic carboxylic acids is 1. The molecule has 5 heteroatoms. The molecule has 1 N–H and O–H groups in total. The zero-order chi connectivity index (χ0) is 12.7. The Morgan fingerprint density at radius 1 is 1.24 bits per heavy atom. The fraction of sp³-hybridized carbons (Fsp3) is 0. The van der Waals surface area contributed by atoms with E-state index >= 15 is 0 Å². The van der Waals surface area contributed by atoms with Gasteiger partial charge in [0.2, 0.25) is 0 Å². The number of rotatable bonds is 3. The van der Waals surface area contributed by atoms with E-state index in [1.807, 2.05) is 6.11 Å². The van der Waals surface area contributed by atoms with Crippen molar-refractivity contribution >= 4 is 11.9 Å². The summed E-state index contributed by atoms with van der Waals surface area (Å²) in [4.78, 5) is 21.1. The molecule has 17 heavy (non-hydrogen) atoms. The van der Waals surface area contributed by atoms with Crippen molar-refractivity contribution in [2.75, 3.05) is 0 Å². The van der Waals surface area contributed by atoms with Gasteiger partial charge in [-0.1, -0.05) is 6.58 Å². The first kappa shape index (κ1) is 12.3. The van der Waals surface area contributed by atoms with Crippen molar-refractivity contribution in [2.45, 2.75) is 0 Å². The SMILES string of the molecule is C=CC(=O)OC#COc1ccc(C(=O)O)cc1. The summed E-state index contributed by atoms with van der Waals surface area (Å²) in [6.07, 6.45) is 5.11. The number of ether oxygens (including phenoxy) is 2. The monoisotopic (exact) mass is 232 g/mol. The number of hydrogen-bond acceptors (Lipinski definition) is 4. The Morgan fingerprint density at radius 3 is 2.41 bits per heavy atom. The number of carbonyl (C=O) groups excluding carboxylic acids is 1. The van der Waals surface area contributed by atoms with Crippen molar-refractivity contribution in [1.29, 1.82) is 0 Å². The van der Waals surface area contributed by atoms with Crippen LogP contribution in [0.3, 0.4) is 0 Å². The molecule has 0 unspecified atom stereocenters. The van der Waals surface area contributed by atoms with Crippen LogP contribution >= 0.6 is 0 Å². The molecule has 0 aliphatic carbocycles. The van der Waals surface area contributed by atoms with Crippen molar-refractivity contribution in [3.05, 3.63) is 42.5 Å². The first-order chi connectivity index (χ1) is 8.13. The van der Waals surface area contributed by atoms with Crippen molar-refractivity contribution < 1.29 is 24.2 Å². The fourth-order valence-electron chi connectivity index (χ4n) is 0.858. The molecular weight excluding hydrogens is 224 g/mol. The van der Waals surface area contributed by atoms with E-state index in [4.69, 9.17) is 9.84 Å². The zero-order valence-corrected chi connectivity index (χ0v) is 8.67. The number of hydrogen-bond donors (Lipinski definition) is 1. The summed E-state index contributed by atoms with van der Waals surface area (Å²) in [6, 6.07) is 5.62. The van der Waals surface area contributed by atoms with Crippen LogP contribution in [0.25, 0.3) is 0 Å². The lowest BCUT2D eigenvalue weighted by atomic mass is 10.2. The summed E-state index contributed by atoms with van der Waals surface area (Å²) in [5.74, 6) is -1.36. The molecule has 0 saturated carbocycles. The molecule has 0 heterocycles. The largest absolute Gasteiger partial charge is 0.478 e. The van der Waals surface area contributed by atoms with Crippen molar-refractivity contribution in [3.8, 4) is 18.0 Å². The minimum Gasteiger partial charge on any atom is -0.478 e. The van der Waals surface area contributed by atoms with E-state index in [1.165, 1.54) is 24.3 Å². The Morgan fingerprint density at radius 2 is 1.88 bits per heavy atom. The number of esters is 1. The van der Waals surface area contributed by atoms with Gasteiger partial charge >= 0.3 is 11.9 Å². The highest BCUT2D eigenvalue weighted by atomic mass is 16.5. The van der Waals surface area contributed by atoms with E-state index in [0.717, 1.165) is 6.08 Å². The molecule has 0 radical (unpaired) electrons. The van der Waals surface area contributed by atoms with Gasteiger partial charge in [-0.15, -0.1) is 0 Å². The van der Waals surface area contributed by atoms with Gasteiger partial charge in [-0.2, -0.15) is 0 Å². The maximum absolute atomic E-state index is 10.6. The zero-order valence-electron chi connectivity index (χ0n) is 8.67. The van der Waals surface area contributed by atoms with Gasteiger partial charge < -0.3 is 14.6 Å². The van der Waals surface area contributed by atoms with E-state index in [9.17, 15) is 9.59 Å². The van der Waals surface area contributed by atoms with E-state index in [-0.39, 0.29) is 5.56 Å². The predicted molar refractivity (Wildman–Crippen MR) is 58.1 cm³/mol. The van der Waals surface area contributed by atoms with Crippen LogP contribution in [0.1, 0.15) is 10.4 Å². The molecule has 0 bridgehead atoms. The van der Waals surface area contributed by atoms with Gasteiger partial charge in [-0.25, -0.2) is 9.59 Å². The molecule has 0 aliphatic heterocycles. The number of benzene rings is 1. The highest BCUT2D eigenvalue weighted by molar-refractivity contribution is 5.87. The van der Waals surface area contributed by atoms with Gasteiger partial charge in [-0.05, 0) is 24.3 Å². The molecule has 1 aromatic carbocycles. The van der Waals surface area contributed by atoms with Crippen LogP contribution in [0.4, 0.5) is 0 Å². The van der Waals surface area contributed by atoms with Gasteiger partial charge in [0.05, 0.1) is 5.56 Å². The standard InChI is InChI=1S/C12H8O5/c1-2-11(13)17-8-7-16-10-5-3-9(4-6-10)12(14)15/h2-6H,1H2,(H,14,15). The number of carboxylic acids is 1. The third-order valence-corrected chi connectivity index (χ3v) is 1.63. The lowest BCUT2D eigenvalue weighted by Crippen LogP contribution is -1.95. The Balaban J connectivity index is 2.55. The lowest BCUT2D eigenvalue weighted by Gasteiger charge is -1.97. The minimum atomic E-state index is -1.03. The van der Waals surface area contributed by atoms with Crippen LogP contribution in [-0.4, -0.2) is 17.0 Å². The first-order valence-electron chi connectivity index (χ1n) is 4.47. The maximum atomic E-state index is 10.6. The van der Waals surface area contributed by atoms with Gasteiger partial charge in [-0.3, -0.25) is 0 Å². The average molecular weight is 232 g/mol. The molecule has 0 aliphatic rings. The molecule has 0 amide bonds. The molecule has 86 valence electrons. The fourth-order valence-corrected chi connectivity index (χ4v) is 0.858. The second-order valence-electron chi connectivity index (χ2n) is 2.76. The second kappa shape index (κ2) is 5.98. The summed E-state index contributed by atoms with van der Waals surface area (Å²) < 4.78 is 9.21. The molecular formula is C12H8O5. The summed E-state index contributed by atoms with van der Waals surface area (Å²) in [7, 11) is 0. The van der Waals surface area contributed by atoms with Crippen molar-refractivity contribution in [2.24, 2.45) is 0 Å².